The fraction of sp³-hybridized carbons (Fsp3) is 0.286. The number of nitrogens with two attached hydrogens (primary N) is 1. The van der Waals surface area contributed by atoms with Gasteiger partial charge in [0.1, 0.15) is 10.4 Å². The second-order valence-electron chi connectivity index (χ2n) is 2.29. The van der Waals surface area contributed by atoms with E-state index in [0.29, 0.717) is 0 Å². The van der Waals surface area contributed by atoms with Crippen molar-refractivity contribution in [3.63, 3.8) is 0 Å². The van der Waals surface area contributed by atoms with Crippen molar-refractivity contribution in [3.8, 4) is 0 Å². The zero-order chi connectivity index (χ0) is 10.0. The summed E-state index contributed by atoms with van der Waals surface area (Å²) >= 11 is 2.81. The Bertz CT molecular complexity index is 317. The molecule has 0 unspecified atom stereocenters. The summed E-state index contributed by atoms with van der Waals surface area (Å²) in [7, 11) is 0. The van der Waals surface area contributed by atoms with Gasteiger partial charge in [-0.2, -0.15) is 0 Å². The second-order valence-corrected chi connectivity index (χ2v) is 3.05. The van der Waals surface area contributed by atoms with E-state index in [4.69, 9.17) is 5.73 Å². The van der Waals surface area contributed by atoms with Gasteiger partial charge < -0.3 is 5.73 Å². The normalized spacial score (nSPS) is 10.9. The molecule has 72 valence electrons. The molecule has 6 heteroatoms. The third-order valence-electron chi connectivity index (χ3n) is 1.55. The van der Waals surface area contributed by atoms with Crippen molar-refractivity contribution in [2.75, 3.05) is 0 Å². The third-order valence-corrected chi connectivity index (χ3v) is 2.18. The van der Waals surface area contributed by atoms with E-state index in [1.807, 2.05) is 0 Å². The summed E-state index contributed by atoms with van der Waals surface area (Å²) in [5.74, 6) is -0.805. The molecule has 1 aromatic rings. The molecule has 0 spiro atoms. The zero-order valence-electron chi connectivity index (χ0n) is 6.40. The van der Waals surface area contributed by atoms with Crippen LogP contribution in [-0.4, -0.2) is 4.98 Å². The lowest BCUT2D eigenvalue weighted by Gasteiger charge is -2.08. The van der Waals surface area contributed by atoms with Crippen LogP contribution in [0.2, 0.25) is 0 Å². The summed E-state index contributed by atoms with van der Waals surface area (Å²) in [5, 5.41) is 0. The molecule has 0 amide bonds. The van der Waals surface area contributed by atoms with Gasteiger partial charge in [0, 0.05) is 12.1 Å². The van der Waals surface area contributed by atoms with Crippen molar-refractivity contribution >= 4 is 15.9 Å². The van der Waals surface area contributed by atoms with Crippen LogP contribution in [0.25, 0.3) is 0 Å². The Morgan fingerprint density at radius 2 is 2.15 bits per heavy atom. The molecule has 0 bridgehead atoms. The Morgan fingerprint density at radius 3 is 2.54 bits per heavy atom. The predicted octanol–water partition coefficient (Wildman–Crippen LogP) is 2.38. The number of nitrogens with zero attached hydrogens (tertiary/aromatic N) is 1. The average molecular weight is 255 g/mol. The maximum Gasteiger partial charge on any atom is 0.266 e. The number of hydrogen-bond acceptors (Lipinski definition) is 2. The largest absolute Gasteiger partial charge is 0.326 e. The molecule has 2 N–H and O–H groups in total. The summed E-state index contributed by atoms with van der Waals surface area (Å²) in [4.78, 5) is 3.41. The van der Waals surface area contributed by atoms with E-state index in [1.54, 1.807) is 0 Å². The van der Waals surface area contributed by atoms with Gasteiger partial charge >= 0.3 is 0 Å². The van der Waals surface area contributed by atoms with Gasteiger partial charge in [0.25, 0.3) is 6.43 Å². The fourth-order valence-electron chi connectivity index (χ4n) is 0.943. The molecule has 0 saturated heterocycles. The van der Waals surface area contributed by atoms with Crippen LogP contribution in [0.4, 0.5) is 13.2 Å². The van der Waals surface area contributed by atoms with Crippen molar-refractivity contribution in [1.82, 2.24) is 4.98 Å². The average Bonchev–Trinajstić information content (AvgIpc) is 2.07. The lowest BCUT2D eigenvalue weighted by Crippen LogP contribution is -2.07. The molecular formula is C7H6BrF3N2. The smallest absolute Gasteiger partial charge is 0.266 e. The van der Waals surface area contributed by atoms with Crippen LogP contribution in [0, 0.1) is 5.82 Å². The van der Waals surface area contributed by atoms with Crippen LogP contribution in [0.3, 0.4) is 0 Å². The highest BCUT2D eigenvalue weighted by molar-refractivity contribution is 9.10. The lowest BCUT2D eigenvalue weighted by atomic mass is 10.1. The Labute approximate surface area is 81.1 Å². The first-order chi connectivity index (χ1) is 6.07. The number of alkyl halides is 2. The van der Waals surface area contributed by atoms with E-state index in [0.717, 1.165) is 6.20 Å². The van der Waals surface area contributed by atoms with Crippen molar-refractivity contribution < 1.29 is 13.2 Å². The van der Waals surface area contributed by atoms with E-state index in [2.05, 4.69) is 20.9 Å². The molecule has 1 heterocycles. The highest BCUT2D eigenvalue weighted by atomic mass is 79.9. The molecular weight excluding hydrogens is 249 g/mol. The van der Waals surface area contributed by atoms with Crippen LogP contribution in [-0.2, 0) is 6.54 Å². The van der Waals surface area contributed by atoms with Crippen LogP contribution in [0.1, 0.15) is 17.6 Å². The van der Waals surface area contributed by atoms with E-state index < -0.39 is 17.8 Å². The predicted molar refractivity (Wildman–Crippen MR) is 44.7 cm³/mol. The van der Waals surface area contributed by atoms with Gasteiger partial charge in [0.2, 0.25) is 0 Å². The van der Waals surface area contributed by atoms with Gasteiger partial charge in [-0.25, -0.2) is 18.2 Å². The minimum Gasteiger partial charge on any atom is -0.326 e. The number of hydrogen-bond donors (Lipinski definition) is 1. The molecule has 2 nitrogen and oxygen atoms in total. The van der Waals surface area contributed by atoms with Crippen LogP contribution in [0.15, 0.2) is 10.8 Å². The van der Waals surface area contributed by atoms with Gasteiger partial charge in [0.05, 0.1) is 11.8 Å². The van der Waals surface area contributed by atoms with E-state index >= 15 is 0 Å². The van der Waals surface area contributed by atoms with E-state index in [9.17, 15) is 13.2 Å². The maximum absolute atomic E-state index is 12.9. The summed E-state index contributed by atoms with van der Waals surface area (Å²) in [6, 6.07) is 0. The van der Waals surface area contributed by atoms with E-state index in [-0.39, 0.29) is 16.7 Å². The van der Waals surface area contributed by atoms with Gasteiger partial charge in [0.15, 0.2) is 0 Å². The highest BCUT2D eigenvalue weighted by Crippen LogP contribution is 2.30. The van der Waals surface area contributed by atoms with Gasteiger partial charge in [-0.1, -0.05) is 0 Å². The van der Waals surface area contributed by atoms with E-state index in [1.165, 1.54) is 0 Å². The minimum absolute atomic E-state index is 0.0654. The summed E-state index contributed by atoms with van der Waals surface area (Å²) in [6.45, 7) is -0.271. The number of aromatic nitrogens is 1. The Kier molecular flexibility index (Phi) is 3.27. The monoisotopic (exact) mass is 254 g/mol. The molecule has 0 aromatic carbocycles. The van der Waals surface area contributed by atoms with Gasteiger partial charge in [-0.05, 0) is 15.9 Å². The van der Waals surface area contributed by atoms with Crippen molar-refractivity contribution in [3.05, 3.63) is 27.7 Å². The number of pyridine rings is 1. The maximum atomic E-state index is 12.9. The van der Waals surface area contributed by atoms with Gasteiger partial charge in [-0.3, -0.25) is 0 Å². The number of rotatable bonds is 2. The van der Waals surface area contributed by atoms with Crippen LogP contribution >= 0.6 is 15.9 Å². The first kappa shape index (κ1) is 10.5. The van der Waals surface area contributed by atoms with Crippen LogP contribution in [0.5, 0.6) is 0 Å². The fourth-order valence-corrected chi connectivity index (χ4v) is 1.46. The topological polar surface area (TPSA) is 38.9 Å². The second kappa shape index (κ2) is 4.06. The molecule has 1 rings (SSSR count). The minimum atomic E-state index is -2.78. The Hall–Kier alpha value is -0.620. The molecule has 1 aromatic heterocycles. The van der Waals surface area contributed by atoms with Crippen LogP contribution < -0.4 is 5.73 Å². The Morgan fingerprint density at radius 1 is 1.54 bits per heavy atom. The molecule has 0 fully saturated rings. The van der Waals surface area contributed by atoms with Crippen molar-refractivity contribution in [2.24, 2.45) is 5.73 Å². The van der Waals surface area contributed by atoms with Gasteiger partial charge in [-0.15, -0.1) is 0 Å². The zero-order valence-corrected chi connectivity index (χ0v) is 7.98. The quantitative estimate of drug-likeness (QED) is 0.824. The third kappa shape index (κ3) is 2.00. The summed E-state index contributed by atoms with van der Waals surface area (Å²) in [5.41, 5.74) is 4.47. The summed E-state index contributed by atoms with van der Waals surface area (Å²) in [6.07, 6.45) is -1.92. The molecule has 0 aliphatic heterocycles. The molecule has 0 aliphatic carbocycles. The summed E-state index contributed by atoms with van der Waals surface area (Å²) < 4.78 is 37.6. The lowest BCUT2D eigenvalue weighted by molar-refractivity contribution is 0.148. The highest BCUT2D eigenvalue weighted by Gasteiger charge is 2.20. The molecule has 13 heavy (non-hydrogen) atoms. The molecule has 0 radical (unpaired) electrons. The Balaban J connectivity index is 3.35. The first-order valence-electron chi connectivity index (χ1n) is 3.39. The first-order valence-corrected chi connectivity index (χ1v) is 4.18. The standard InChI is InChI=1S/C7H6BrF3N2/c8-6-5(7(10)11)3(1-12)4(9)2-13-6/h2,7H,1,12H2. The van der Waals surface area contributed by atoms with Crippen molar-refractivity contribution in [2.45, 2.75) is 13.0 Å². The van der Waals surface area contributed by atoms with Crippen molar-refractivity contribution in [1.29, 1.82) is 0 Å². The molecule has 0 atom stereocenters. The SMILES string of the molecule is NCc1c(F)cnc(Br)c1C(F)F. The molecule has 0 aliphatic rings. The molecule has 0 saturated carbocycles. The number of halogens is 4.